The van der Waals surface area contributed by atoms with Crippen LogP contribution in [0.5, 0.6) is 0 Å². The Hall–Kier alpha value is -1.53. The molecule has 2 atom stereocenters. The van der Waals surface area contributed by atoms with Crippen molar-refractivity contribution in [3.63, 3.8) is 0 Å². The van der Waals surface area contributed by atoms with Crippen LogP contribution in [0.3, 0.4) is 0 Å². The van der Waals surface area contributed by atoms with Crippen LogP contribution < -0.4 is 5.32 Å². The maximum Gasteiger partial charge on any atom is 0.304 e. The van der Waals surface area contributed by atoms with Gasteiger partial charge >= 0.3 is 5.69 Å². The van der Waals surface area contributed by atoms with Gasteiger partial charge < -0.3 is 5.32 Å². The molecule has 5 nitrogen and oxygen atoms in total. The second-order valence-electron chi connectivity index (χ2n) is 5.13. The van der Waals surface area contributed by atoms with E-state index >= 15 is 0 Å². The van der Waals surface area contributed by atoms with E-state index in [2.05, 4.69) is 24.1 Å². The minimum absolute atomic E-state index is 0.370. The van der Waals surface area contributed by atoms with E-state index in [1.807, 2.05) is 0 Å². The summed E-state index contributed by atoms with van der Waals surface area (Å²) in [6.45, 7) is 6.62. The summed E-state index contributed by atoms with van der Waals surface area (Å²) in [4.78, 5) is 12.1. The molecule has 0 amide bonds. The molecule has 1 N–H and O–H groups in total. The lowest BCUT2D eigenvalue weighted by Crippen LogP contribution is -2.53. The largest absolute Gasteiger partial charge is 0.311 e. The smallest absolute Gasteiger partial charge is 0.304 e. The maximum absolute atomic E-state index is 13.6. The quantitative estimate of drug-likeness (QED) is 0.671. The van der Waals surface area contributed by atoms with Crippen LogP contribution in [0.1, 0.15) is 19.4 Å². The Kier molecular flexibility index (Phi) is 4.11. The van der Waals surface area contributed by atoms with Crippen molar-refractivity contribution in [2.75, 3.05) is 13.1 Å². The number of hydrogen-bond acceptors (Lipinski definition) is 4. The number of piperazine rings is 1. The standard InChI is InChI=1S/C13H18FN3O2/c1-9-7-16(10(2)6-15-9)8-11-3-4-13(17(18)19)12(14)5-11/h3-5,9-10,15H,6-8H2,1-2H3. The van der Waals surface area contributed by atoms with Crippen molar-refractivity contribution in [1.29, 1.82) is 0 Å². The highest BCUT2D eigenvalue weighted by atomic mass is 19.1. The molecule has 1 fully saturated rings. The van der Waals surface area contributed by atoms with Gasteiger partial charge in [-0.25, -0.2) is 0 Å². The lowest BCUT2D eigenvalue weighted by molar-refractivity contribution is -0.387. The predicted octanol–water partition coefficient (Wildman–Crippen LogP) is 1.92. The average Bonchev–Trinajstić information content (AvgIpc) is 2.33. The van der Waals surface area contributed by atoms with Crippen LogP contribution in [0.25, 0.3) is 0 Å². The number of nitrogens with one attached hydrogen (secondary N) is 1. The van der Waals surface area contributed by atoms with Gasteiger partial charge in [0, 0.05) is 37.8 Å². The molecule has 0 aliphatic carbocycles. The molecule has 0 bridgehead atoms. The first-order valence-corrected chi connectivity index (χ1v) is 6.37. The van der Waals surface area contributed by atoms with Crippen LogP contribution in [0.4, 0.5) is 10.1 Å². The summed E-state index contributed by atoms with van der Waals surface area (Å²) in [5.41, 5.74) is 0.300. The maximum atomic E-state index is 13.6. The Morgan fingerprint density at radius 1 is 1.53 bits per heavy atom. The summed E-state index contributed by atoms with van der Waals surface area (Å²) in [5.74, 6) is -0.765. The zero-order chi connectivity index (χ0) is 14.0. The summed E-state index contributed by atoms with van der Waals surface area (Å²) in [6, 6.07) is 4.90. The predicted molar refractivity (Wildman–Crippen MR) is 70.4 cm³/mol. The molecular formula is C13H18FN3O2. The molecule has 1 aliphatic heterocycles. The minimum atomic E-state index is -0.765. The SMILES string of the molecule is CC1CN(Cc2ccc([N+](=O)[O-])c(F)c2)C(C)CN1. The molecule has 0 spiro atoms. The van der Waals surface area contributed by atoms with Gasteiger partial charge in [0.05, 0.1) is 4.92 Å². The summed E-state index contributed by atoms with van der Waals surface area (Å²) in [7, 11) is 0. The van der Waals surface area contributed by atoms with Crippen LogP contribution >= 0.6 is 0 Å². The highest BCUT2D eigenvalue weighted by Gasteiger charge is 2.23. The molecule has 1 heterocycles. The van der Waals surface area contributed by atoms with Gasteiger partial charge in [0.15, 0.2) is 0 Å². The van der Waals surface area contributed by atoms with Gasteiger partial charge in [0.1, 0.15) is 0 Å². The van der Waals surface area contributed by atoms with E-state index in [1.165, 1.54) is 12.1 Å². The van der Waals surface area contributed by atoms with Crippen molar-refractivity contribution in [3.8, 4) is 0 Å². The fraction of sp³-hybridized carbons (Fsp3) is 0.538. The number of halogens is 1. The molecular weight excluding hydrogens is 249 g/mol. The lowest BCUT2D eigenvalue weighted by atomic mass is 10.1. The van der Waals surface area contributed by atoms with Crippen molar-refractivity contribution in [2.45, 2.75) is 32.5 Å². The van der Waals surface area contributed by atoms with Gasteiger partial charge in [-0.15, -0.1) is 0 Å². The molecule has 0 aromatic heterocycles. The highest BCUT2D eigenvalue weighted by molar-refractivity contribution is 5.35. The fourth-order valence-electron chi connectivity index (χ4n) is 2.35. The minimum Gasteiger partial charge on any atom is -0.311 e. The number of nitro benzene ring substituents is 1. The van der Waals surface area contributed by atoms with Crippen molar-refractivity contribution in [2.24, 2.45) is 0 Å². The number of benzene rings is 1. The lowest BCUT2D eigenvalue weighted by Gasteiger charge is -2.37. The Bertz CT molecular complexity index is 481. The van der Waals surface area contributed by atoms with E-state index in [9.17, 15) is 14.5 Å². The van der Waals surface area contributed by atoms with Crippen molar-refractivity contribution >= 4 is 5.69 Å². The van der Waals surface area contributed by atoms with Gasteiger partial charge in [-0.1, -0.05) is 6.07 Å². The number of nitrogens with zero attached hydrogens (tertiary/aromatic N) is 2. The van der Waals surface area contributed by atoms with Crippen molar-refractivity contribution in [1.82, 2.24) is 10.2 Å². The molecule has 2 rings (SSSR count). The van der Waals surface area contributed by atoms with Crippen LogP contribution in [-0.4, -0.2) is 35.0 Å². The van der Waals surface area contributed by atoms with Crippen molar-refractivity contribution in [3.05, 3.63) is 39.7 Å². The first-order chi connectivity index (χ1) is 8.97. The highest BCUT2D eigenvalue weighted by Crippen LogP contribution is 2.20. The molecule has 1 aromatic carbocycles. The van der Waals surface area contributed by atoms with Gasteiger partial charge in [-0.3, -0.25) is 15.0 Å². The van der Waals surface area contributed by atoms with E-state index in [4.69, 9.17) is 0 Å². The van der Waals surface area contributed by atoms with E-state index in [-0.39, 0.29) is 0 Å². The topological polar surface area (TPSA) is 58.4 Å². The normalized spacial score (nSPS) is 24.4. The number of hydrogen-bond donors (Lipinski definition) is 1. The van der Waals surface area contributed by atoms with E-state index < -0.39 is 16.4 Å². The second kappa shape index (κ2) is 5.63. The first-order valence-electron chi connectivity index (χ1n) is 6.37. The van der Waals surface area contributed by atoms with E-state index in [0.717, 1.165) is 18.7 Å². The third-order valence-corrected chi connectivity index (χ3v) is 3.49. The summed E-state index contributed by atoms with van der Waals surface area (Å²) in [6.07, 6.45) is 0. The Morgan fingerprint density at radius 2 is 2.26 bits per heavy atom. The average molecular weight is 267 g/mol. The number of rotatable bonds is 3. The fourth-order valence-corrected chi connectivity index (χ4v) is 2.35. The Balaban J connectivity index is 2.10. The zero-order valence-electron chi connectivity index (χ0n) is 11.1. The summed E-state index contributed by atoms with van der Waals surface area (Å²) >= 11 is 0. The van der Waals surface area contributed by atoms with E-state index in [1.54, 1.807) is 6.07 Å². The molecule has 1 aromatic rings. The van der Waals surface area contributed by atoms with Crippen molar-refractivity contribution < 1.29 is 9.31 Å². The second-order valence-corrected chi connectivity index (χ2v) is 5.13. The molecule has 1 aliphatic rings. The molecule has 19 heavy (non-hydrogen) atoms. The van der Waals surface area contributed by atoms with Gasteiger partial charge in [-0.2, -0.15) is 4.39 Å². The summed E-state index contributed by atoms with van der Waals surface area (Å²) < 4.78 is 13.6. The summed E-state index contributed by atoms with van der Waals surface area (Å²) in [5, 5.41) is 13.9. The van der Waals surface area contributed by atoms with Crippen LogP contribution in [0.15, 0.2) is 18.2 Å². The Morgan fingerprint density at radius 3 is 2.89 bits per heavy atom. The molecule has 1 saturated heterocycles. The van der Waals surface area contributed by atoms with E-state index in [0.29, 0.717) is 18.6 Å². The molecule has 6 heteroatoms. The van der Waals surface area contributed by atoms with Crippen LogP contribution in [-0.2, 0) is 6.54 Å². The van der Waals surface area contributed by atoms with Crippen LogP contribution in [0.2, 0.25) is 0 Å². The van der Waals surface area contributed by atoms with Gasteiger partial charge in [0.25, 0.3) is 0 Å². The first kappa shape index (κ1) is 13.9. The molecule has 0 radical (unpaired) electrons. The Labute approximate surface area is 111 Å². The number of nitro groups is 1. The third-order valence-electron chi connectivity index (χ3n) is 3.49. The monoisotopic (exact) mass is 267 g/mol. The third kappa shape index (κ3) is 3.27. The van der Waals surface area contributed by atoms with Gasteiger partial charge in [0.2, 0.25) is 5.82 Å². The van der Waals surface area contributed by atoms with Crippen LogP contribution in [0, 0.1) is 15.9 Å². The molecule has 104 valence electrons. The molecule has 0 saturated carbocycles. The zero-order valence-corrected chi connectivity index (χ0v) is 11.1. The molecule has 2 unspecified atom stereocenters. The van der Waals surface area contributed by atoms with Gasteiger partial charge in [-0.05, 0) is 25.5 Å².